The zero-order chi connectivity index (χ0) is 13.0. The van der Waals surface area contributed by atoms with Crippen LogP contribution in [0, 0.1) is 0 Å². The fourth-order valence-electron chi connectivity index (χ4n) is 1.96. The van der Waals surface area contributed by atoms with Crippen LogP contribution in [0.3, 0.4) is 0 Å². The van der Waals surface area contributed by atoms with Crippen molar-refractivity contribution in [3.63, 3.8) is 0 Å². The van der Waals surface area contributed by atoms with Crippen LogP contribution in [-0.2, 0) is 0 Å². The third-order valence-electron chi connectivity index (χ3n) is 2.99. The van der Waals surface area contributed by atoms with E-state index in [0.29, 0.717) is 0 Å². The molecule has 1 aromatic heterocycles. The first-order chi connectivity index (χ1) is 8.68. The number of rotatable bonds is 4. The quantitative estimate of drug-likeness (QED) is 0.864. The summed E-state index contributed by atoms with van der Waals surface area (Å²) in [7, 11) is 0. The van der Waals surface area contributed by atoms with Crippen LogP contribution in [0.2, 0.25) is 0 Å². The summed E-state index contributed by atoms with van der Waals surface area (Å²) in [5, 5.41) is 13.2. The van der Waals surface area contributed by atoms with Gasteiger partial charge in [-0.3, -0.25) is 4.98 Å². The number of anilines is 1. The highest BCUT2D eigenvalue weighted by Crippen LogP contribution is 2.26. The summed E-state index contributed by atoms with van der Waals surface area (Å²) in [4.78, 5) is 4.01. The summed E-state index contributed by atoms with van der Waals surface area (Å²) >= 11 is 0. The molecule has 18 heavy (non-hydrogen) atoms. The molecule has 3 nitrogen and oxygen atoms in total. The van der Waals surface area contributed by atoms with Gasteiger partial charge in [0.2, 0.25) is 0 Å². The minimum Gasteiger partial charge on any atom is -0.389 e. The number of hydrogen-bond acceptors (Lipinski definition) is 3. The molecular formula is C15H18N2O. The molecule has 0 saturated heterocycles. The number of para-hydroxylation sites is 1. The standard InChI is InChI=1S/C15H18N2O/c1-11(13-7-9-16-10-8-13)17-15-6-4-3-5-14(15)12(2)18/h3-12,17-18H,1-2H3. The molecule has 0 saturated carbocycles. The Morgan fingerprint density at radius 2 is 1.72 bits per heavy atom. The number of nitrogens with zero attached hydrogens (tertiary/aromatic N) is 1. The molecule has 0 bridgehead atoms. The van der Waals surface area contributed by atoms with Crippen molar-refractivity contribution in [3.8, 4) is 0 Å². The van der Waals surface area contributed by atoms with Crippen LogP contribution in [0.1, 0.15) is 37.1 Å². The predicted octanol–water partition coefficient (Wildman–Crippen LogP) is 3.31. The Morgan fingerprint density at radius 1 is 1.06 bits per heavy atom. The van der Waals surface area contributed by atoms with E-state index in [4.69, 9.17) is 0 Å². The second kappa shape index (κ2) is 5.65. The molecule has 0 aliphatic carbocycles. The van der Waals surface area contributed by atoms with Gasteiger partial charge in [-0.2, -0.15) is 0 Å². The molecule has 2 atom stereocenters. The first-order valence-corrected chi connectivity index (χ1v) is 6.12. The molecule has 2 unspecified atom stereocenters. The molecular weight excluding hydrogens is 224 g/mol. The highest BCUT2D eigenvalue weighted by molar-refractivity contribution is 5.53. The van der Waals surface area contributed by atoms with E-state index in [1.54, 1.807) is 19.3 Å². The van der Waals surface area contributed by atoms with Crippen LogP contribution >= 0.6 is 0 Å². The van der Waals surface area contributed by atoms with Gasteiger partial charge in [0.05, 0.1) is 6.10 Å². The fraction of sp³-hybridized carbons (Fsp3) is 0.267. The van der Waals surface area contributed by atoms with Gasteiger partial charge >= 0.3 is 0 Å². The van der Waals surface area contributed by atoms with E-state index in [1.165, 1.54) is 5.56 Å². The number of aliphatic hydroxyl groups is 1. The molecule has 2 aromatic rings. The molecule has 3 heteroatoms. The van der Waals surface area contributed by atoms with Crippen LogP contribution in [0.25, 0.3) is 0 Å². The molecule has 0 spiro atoms. The fourth-order valence-corrected chi connectivity index (χ4v) is 1.96. The van der Waals surface area contributed by atoms with E-state index in [2.05, 4.69) is 17.2 Å². The zero-order valence-electron chi connectivity index (χ0n) is 10.7. The Labute approximate surface area is 108 Å². The summed E-state index contributed by atoms with van der Waals surface area (Å²) in [5.41, 5.74) is 3.06. The second-order valence-electron chi connectivity index (χ2n) is 4.41. The third-order valence-corrected chi connectivity index (χ3v) is 2.99. The van der Waals surface area contributed by atoms with Crippen molar-refractivity contribution in [3.05, 3.63) is 59.9 Å². The highest BCUT2D eigenvalue weighted by atomic mass is 16.3. The minimum atomic E-state index is -0.474. The van der Waals surface area contributed by atoms with Crippen molar-refractivity contribution in [2.24, 2.45) is 0 Å². The van der Waals surface area contributed by atoms with E-state index in [-0.39, 0.29) is 6.04 Å². The first-order valence-electron chi connectivity index (χ1n) is 6.12. The lowest BCUT2D eigenvalue weighted by molar-refractivity contribution is 0.200. The van der Waals surface area contributed by atoms with Crippen LogP contribution in [0.4, 0.5) is 5.69 Å². The average Bonchev–Trinajstić information content (AvgIpc) is 2.40. The molecule has 94 valence electrons. The van der Waals surface area contributed by atoms with Gasteiger partial charge in [0.15, 0.2) is 0 Å². The van der Waals surface area contributed by atoms with Gasteiger partial charge in [0, 0.05) is 29.7 Å². The maximum absolute atomic E-state index is 9.74. The summed E-state index contributed by atoms with van der Waals surface area (Å²) in [6.45, 7) is 3.87. The Kier molecular flexibility index (Phi) is 3.95. The molecule has 1 heterocycles. The molecule has 2 N–H and O–H groups in total. The number of pyridine rings is 1. The Bertz CT molecular complexity index is 497. The van der Waals surface area contributed by atoms with Crippen molar-refractivity contribution in [1.82, 2.24) is 4.98 Å². The van der Waals surface area contributed by atoms with Crippen molar-refractivity contribution in [2.75, 3.05) is 5.32 Å². The lowest BCUT2D eigenvalue weighted by Gasteiger charge is -2.19. The van der Waals surface area contributed by atoms with Gasteiger partial charge in [-0.25, -0.2) is 0 Å². The van der Waals surface area contributed by atoms with Gasteiger partial charge in [0.25, 0.3) is 0 Å². The van der Waals surface area contributed by atoms with Gasteiger partial charge < -0.3 is 10.4 Å². The molecule has 0 fully saturated rings. The number of aliphatic hydroxyl groups excluding tert-OH is 1. The zero-order valence-corrected chi connectivity index (χ0v) is 10.7. The van der Waals surface area contributed by atoms with Crippen LogP contribution in [-0.4, -0.2) is 10.1 Å². The van der Waals surface area contributed by atoms with E-state index in [1.807, 2.05) is 36.4 Å². The Morgan fingerprint density at radius 3 is 2.39 bits per heavy atom. The Balaban J connectivity index is 2.19. The normalized spacial score (nSPS) is 13.9. The number of hydrogen-bond donors (Lipinski definition) is 2. The SMILES string of the molecule is CC(O)c1ccccc1NC(C)c1ccncc1. The van der Waals surface area contributed by atoms with Gasteiger partial charge in [-0.15, -0.1) is 0 Å². The molecule has 0 amide bonds. The smallest absolute Gasteiger partial charge is 0.0781 e. The molecule has 2 rings (SSSR count). The van der Waals surface area contributed by atoms with E-state index < -0.39 is 6.10 Å². The van der Waals surface area contributed by atoms with Crippen LogP contribution in [0.5, 0.6) is 0 Å². The molecule has 0 aliphatic rings. The summed E-state index contributed by atoms with van der Waals surface area (Å²) in [6.07, 6.45) is 3.10. The van der Waals surface area contributed by atoms with E-state index in [9.17, 15) is 5.11 Å². The molecule has 0 aliphatic heterocycles. The monoisotopic (exact) mass is 242 g/mol. The van der Waals surface area contributed by atoms with Gasteiger partial charge in [-0.05, 0) is 37.6 Å². The van der Waals surface area contributed by atoms with Crippen molar-refractivity contribution in [2.45, 2.75) is 26.0 Å². The van der Waals surface area contributed by atoms with Crippen molar-refractivity contribution >= 4 is 5.69 Å². The topological polar surface area (TPSA) is 45.1 Å². The number of benzene rings is 1. The lowest BCUT2D eigenvalue weighted by Crippen LogP contribution is -2.09. The summed E-state index contributed by atoms with van der Waals surface area (Å²) in [6, 6.07) is 12.0. The average molecular weight is 242 g/mol. The first kappa shape index (κ1) is 12.6. The third kappa shape index (κ3) is 2.87. The molecule has 0 radical (unpaired) electrons. The minimum absolute atomic E-state index is 0.174. The largest absolute Gasteiger partial charge is 0.389 e. The van der Waals surface area contributed by atoms with E-state index in [0.717, 1.165) is 11.3 Å². The Hall–Kier alpha value is -1.87. The summed E-state index contributed by atoms with van der Waals surface area (Å²) in [5.74, 6) is 0. The van der Waals surface area contributed by atoms with Gasteiger partial charge in [0.1, 0.15) is 0 Å². The number of aromatic nitrogens is 1. The van der Waals surface area contributed by atoms with Crippen LogP contribution in [0.15, 0.2) is 48.8 Å². The van der Waals surface area contributed by atoms with E-state index >= 15 is 0 Å². The van der Waals surface area contributed by atoms with Crippen molar-refractivity contribution < 1.29 is 5.11 Å². The predicted molar refractivity (Wildman–Crippen MR) is 73.4 cm³/mol. The van der Waals surface area contributed by atoms with Crippen molar-refractivity contribution in [1.29, 1.82) is 0 Å². The molecule has 1 aromatic carbocycles. The highest BCUT2D eigenvalue weighted by Gasteiger charge is 2.10. The second-order valence-corrected chi connectivity index (χ2v) is 4.41. The maximum atomic E-state index is 9.74. The van der Waals surface area contributed by atoms with Crippen LogP contribution < -0.4 is 5.32 Å². The lowest BCUT2D eigenvalue weighted by atomic mass is 10.1. The number of nitrogens with one attached hydrogen (secondary N) is 1. The maximum Gasteiger partial charge on any atom is 0.0781 e. The summed E-state index contributed by atoms with van der Waals surface area (Å²) < 4.78 is 0. The van der Waals surface area contributed by atoms with Gasteiger partial charge in [-0.1, -0.05) is 18.2 Å².